The molecule has 2 aromatic carbocycles. The predicted octanol–water partition coefficient (Wildman–Crippen LogP) is 4.44. The highest BCUT2D eigenvalue weighted by Crippen LogP contribution is 2.28. The molecule has 7 heteroatoms. The molecule has 0 amide bonds. The molecule has 1 aliphatic rings. The van der Waals surface area contributed by atoms with Gasteiger partial charge in [0, 0.05) is 17.7 Å². The fraction of sp³-hybridized carbons (Fsp3) is 0.375. The minimum absolute atomic E-state index is 0.119. The zero-order valence-electron chi connectivity index (χ0n) is 17.6. The summed E-state index contributed by atoms with van der Waals surface area (Å²) >= 11 is 0. The molecule has 0 spiro atoms. The van der Waals surface area contributed by atoms with Crippen LogP contribution in [0.5, 0.6) is 5.75 Å². The Kier molecular flexibility index (Phi) is 8.02. The third-order valence-corrected chi connectivity index (χ3v) is 5.22. The van der Waals surface area contributed by atoms with E-state index in [9.17, 15) is 14.9 Å². The Morgan fingerprint density at radius 3 is 2.61 bits per heavy atom. The second-order valence-corrected chi connectivity index (χ2v) is 7.44. The number of nitrogens with zero attached hydrogens (tertiary/aromatic N) is 2. The van der Waals surface area contributed by atoms with Gasteiger partial charge in [-0.3, -0.25) is 15.0 Å². The van der Waals surface area contributed by atoms with Gasteiger partial charge in [0.05, 0.1) is 18.1 Å². The lowest BCUT2D eigenvalue weighted by atomic mass is 9.90. The maximum atomic E-state index is 11.6. The average molecular weight is 422 g/mol. The molecule has 0 saturated carbocycles. The number of likely N-dealkylation sites (tertiary alicyclic amines) is 1. The van der Waals surface area contributed by atoms with Crippen molar-refractivity contribution < 1.29 is 19.2 Å². The smallest absolute Gasteiger partial charge is 0.434 e. The molecule has 1 aliphatic heterocycles. The van der Waals surface area contributed by atoms with Crippen LogP contribution in [0.25, 0.3) is 0 Å². The summed E-state index contributed by atoms with van der Waals surface area (Å²) in [5.41, 5.74) is 1.63. The maximum Gasteiger partial charge on any atom is 0.514 e. The third kappa shape index (κ3) is 6.83. The Morgan fingerprint density at radius 1 is 1.19 bits per heavy atom. The molecular weight excluding hydrogens is 396 g/mol. The molecule has 0 atom stereocenters. The molecule has 1 heterocycles. The number of piperidine rings is 1. The summed E-state index contributed by atoms with van der Waals surface area (Å²) in [6.45, 7) is 4.38. The van der Waals surface area contributed by atoms with Crippen LogP contribution in [0, 0.1) is 27.9 Å². The summed E-state index contributed by atoms with van der Waals surface area (Å²) in [6.07, 6.45) is 2.43. The molecule has 0 aromatic heterocycles. The van der Waals surface area contributed by atoms with Crippen LogP contribution in [0.3, 0.4) is 0 Å². The van der Waals surface area contributed by atoms with Crippen molar-refractivity contribution in [3.8, 4) is 17.6 Å². The Labute approximate surface area is 182 Å². The van der Waals surface area contributed by atoms with Crippen LogP contribution in [0.15, 0.2) is 48.5 Å². The van der Waals surface area contributed by atoms with Gasteiger partial charge < -0.3 is 9.47 Å². The lowest BCUT2D eigenvalue weighted by Crippen LogP contribution is -2.34. The van der Waals surface area contributed by atoms with Crippen molar-refractivity contribution >= 4 is 11.8 Å². The number of hydrogen-bond donors (Lipinski definition) is 0. The van der Waals surface area contributed by atoms with E-state index < -0.39 is 11.1 Å². The van der Waals surface area contributed by atoms with Gasteiger partial charge in [-0.15, -0.1) is 0 Å². The third-order valence-electron chi connectivity index (χ3n) is 5.22. The highest BCUT2D eigenvalue weighted by Gasteiger charge is 2.20. The number of nitro groups is 1. The van der Waals surface area contributed by atoms with E-state index in [4.69, 9.17) is 9.47 Å². The number of hydrogen-bond acceptors (Lipinski definition) is 6. The lowest BCUT2D eigenvalue weighted by Gasteiger charge is -2.30. The molecule has 162 valence electrons. The summed E-state index contributed by atoms with van der Waals surface area (Å²) in [6, 6.07) is 14.8. The van der Waals surface area contributed by atoms with Crippen molar-refractivity contribution in [3.63, 3.8) is 0 Å². The van der Waals surface area contributed by atoms with Gasteiger partial charge in [-0.1, -0.05) is 42.2 Å². The summed E-state index contributed by atoms with van der Waals surface area (Å²) in [5.74, 6) is 6.66. The Bertz CT molecular complexity index is 957. The second-order valence-electron chi connectivity index (χ2n) is 7.44. The molecule has 1 saturated heterocycles. The van der Waals surface area contributed by atoms with E-state index >= 15 is 0 Å². The van der Waals surface area contributed by atoms with Crippen LogP contribution in [0.2, 0.25) is 0 Å². The van der Waals surface area contributed by atoms with Crippen LogP contribution in [0.4, 0.5) is 10.5 Å². The maximum absolute atomic E-state index is 11.6. The Balaban J connectivity index is 1.54. The summed E-state index contributed by atoms with van der Waals surface area (Å²) < 4.78 is 9.66. The van der Waals surface area contributed by atoms with E-state index in [1.165, 1.54) is 17.7 Å². The highest BCUT2D eigenvalue weighted by atomic mass is 16.7. The standard InChI is InChI=1S/C24H26N2O5/c1-2-30-24(27)31-23-18-20(10-11-22(23)26(28)29)9-6-14-25-15-12-21(13-16-25)17-19-7-4-3-5-8-19/h3-5,7-8,10-11,18,21H,2,12-17H2,1H3. The van der Waals surface area contributed by atoms with Crippen LogP contribution in [0.1, 0.15) is 30.9 Å². The normalized spacial score (nSPS) is 14.4. The van der Waals surface area contributed by atoms with Gasteiger partial charge in [0.2, 0.25) is 5.75 Å². The van der Waals surface area contributed by atoms with Crippen molar-refractivity contribution in [1.29, 1.82) is 0 Å². The Morgan fingerprint density at radius 2 is 1.94 bits per heavy atom. The first-order valence-electron chi connectivity index (χ1n) is 10.4. The van der Waals surface area contributed by atoms with Crippen LogP contribution < -0.4 is 4.74 Å². The quantitative estimate of drug-likeness (QED) is 0.225. The van der Waals surface area contributed by atoms with E-state index in [0.29, 0.717) is 18.0 Å². The van der Waals surface area contributed by atoms with E-state index in [1.54, 1.807) is 13.0 Å². The molecule has 7 nitrogen and oxygen atoms in total. The molecular formula is C24H26N2O5. The van der Waals surface area contributed by atoms with E-state index in [2.05, 4.69) is 41.0 Å². The van der Waals surface area contributed by atoms with Gasteiger partial charge in [-0.25, -0.2) is 4.79 Å². The molecule has 3 rings (SSSR count). The molecule has 1 fully saturated rings. The van der Waals surface area contributed by atoms with Gasteiger partial charge in [-0.05, 0) is 56.8 Å². The average Bonchev–Trinajstić information content (AvgIpc) is 2.76. The fourth-order valence-electron chi connectivity index (χ4n) is 3.61. The van der Waals surface area contributed by atoms with Crippen molar-refractivity contribution in [2.24, 2.45) is 5.92 Å². The molecule has 0 aliphatic carbocycles. The molecule has 2 aromatic rings. The molecule has 0 bridgehead atoms. The summed E-state index contributed by atoms with van der Waals surface area (Å²) in [7, 11) is 0. The van der Waals surface area contributed by atoms with Crippen molar-refractivity contribution in [3.05, 3.63) is 69.8 Å². The van der Waals surface area contributed by atoms with Crippen LogP contribution in [-0.4, -0.2) is 42.2 Å². The largest absolute Gasteiger partial charge is 0.514 e. The number of benzene rings is 2. The zero-order valence-corrected chi connectivity index (χ0v) is 17.6. The first kappa shape index (κ1) is 22.3. The monoisotopic (exact) mass is 422 g/mol. The summed E-state index contributed by atoms with van der Waals surface area (Å²) in [4.78, 5) is 24.4. The predicted molar refractivity (Wildman–Crippen MR) is 117 cm³/mol. The lowest BCUT2D eigenvalue weighted by molar-refractivity contribution is -0.385. The van der Waals surface area contributed by atoms with Gasteiger partial charge in [-0.2, -0.15) is 0 Å². The fourth-order valence-corrected chi connectivity index (χ4v) is 3.61. The SMILES string of the molecule is CCOC(=O)Oc1cc(C#CCN2CCC(Cc3ccccc3)CC2)ccc1[N+](=O)[O-]. The topological polar surface area (TPSA) is 81.9 Å². The number of rotatable bonds is 6. The van der Waals surface area contributed by atoms with Gasteiger partial charge in [0.25, 0.3) is 0 Å². The van der Waals surface area contributed by atoms with Crippen molar-refractivity contribution in [1.82, 2.24) is 4.90 Å². The number of ether oxygens (including phenoxy) is 2. The number of carbonyl (C=O) groups is 1. The molecule has 0 radical (unpaired) electrons. The number of nitro benzene ring substituents is 1. The second kappa shape index (κ2) is 11.1. The number of carbonyl (C=O) groups excluding carboxylic acids is 1. The Hall–Kier alpha value is -3.37. The first-order valence-corrected chi connectivity index (χ1v) is 10.4. The van der Waals surface area contributed by atoms with Crippen molar-refractivity contribution in [2.75, 3.05) is 26.2 Å². The zero-order chi connectivity index (χ0) is 22.1. The first-order chi connectivity index (χ1) is 15.0. The van der Waals surface area contributed by atoms with Crippen LogP contribution in [-0.2, 0) is 11.2 Å². The summed E-state index contributed by atoms with van der Waals surface area (Å²) in [5, 5.41) is 11.2. The van der Waals surface area contributed by atoms with Gasteiger partial charge in [0.15, 0.2) is 0 Å². The van der Waals surface area contributed by atoms with E-state index in [0.717, 1.165) is 32.4 Å². The van der Waals surface area contributed by atoms with Gasteiger partial charge in [0.1, 0.15) is 0 Å². The van der Waals surface area contributed by atoms with Gasteiger partial charge >= 0.3 is 11.8 Å². The highest BCUT2D eigenvalue weighted by molar-refractivity contribution is 5.67. The van der Waals surface area contributed by atoms with E-state index in [1.807, 2.05) is 6.07 Å². The molecule has 0 unspecified atom stereocenters. The van der Waals surface area contributed by atoms with E-state index in [-0.39, 0.29) is 18.0 Å². The minimum Gasteiger partial charge on any atom is -0.434 e. The minimum atomic E-state index is -0.978. The molecule has 31 heavy (non-hydrogen) atoms. The van der Waals surface area contributed by atoms with Crippen molar-refractivity contribution in [2.45, 2.75) is 26.2 Å². The van der Waals surface area contributed by atoms with Crippen LogP contribution >= 0.6 is 0 Å². The molecule has 0 N–H and O–H groups in total.